The molecule has 0 spiro atoms. The molecule has 2 amide bonds. The minimum Gasteiger partial charge on any atom is -0.494 e. The van der Waals surface area contributed by atoms with Gasteiger partial charge in [-0.2, -0.15) is 0 Å². The molecule has 0 saturated carbocycles. The third-order valence-corrected chi connectivity index (χ3v) is 6.35. The number of amides is 2. The molecule has 4 rings (SSSR count). The van der Waals surface area contributed by atoms with Gasteiger partial charge >= 0.3 is 0 Å². The molecule has 31 heavy (non-hydrogen) atoms. The topological polar surface area (TPSA) is 58.6 Å². The average molecular weight is 433 g/mol. The van der Waals surface area contributed by atoms with Gasteiger partial charge in [-0.25, -0.2) is 0 Å². The van der Waals surface area contributed by atoms with Crippen molar-refractivity contribution in [1.29, 1.82) is 0 Å². The zero-order valence-corrected chi connectivity index (χ0v) is 18.3. The van der Waals surface area contributed by atoms with Crippen LogP contribution in [0.1, 0.15) is 33.8 Å². The van der Waals surface area contributed by atoms with E-state index in [1.807, 2.05) is 91.5 Å². The fourth-order valence-corrected chi connectivity index (χ4v) is 4.75. The van der Waals surface area contributed by atoms with Crippen LogP contribution in [0.2, 0.25) is 0 Å². The first-order chi connectivity index (χ1) is 15.1. The summed E-state index contributed by atoms with van der Waals surface area (Å²) in [6.45, 7) is 4.46. The van der Waals surface area contributed by atoms with Gasteiger partial charge in [0.05, 0.1) is 12.4 Å². The Bertz CT molecular complexity index is 1080. The number of benzene rings is 3. The van der Waals surface area contributed by atoms with Crippen LogP contribution in [0.5, 0.6) is 5.75 Å². The van der Waals surface area contributed by atoms with Crippen molar-refractivity contribution >= 4 is 35.0 Å². The van der Waals surface area contributed by atoms with Gasteiger partial charge in [-0.15, -0.1) is 11.8 Å². The standard InChI is InChI=1S/C25H24N2O3S/c1-3-30-21-14-12-20(13-15-21)27-23(28)16-31-25(27)18-8-10-19(11-9-18)26-24(29)22-7-5-4-6-17(22)2/h4-15,25H,3,16H2,1-2H3,(H,26,29)/t25-/m0/s1. The Morgan fingerprint density at radius 2 is 1.77 bits per heavy atom. The Balaban J connectivity index is 1.50. The van der Waals surface area contributed by atoms with E-state index in [4.69, 9.17) is 4.74 Å². The van der Waals surface area contributed by atoms with E-state index in [-0.39, 0.29) is 17.2 Å². The minimum atomic E-state index is -0.132. The lowest BCUT2D eigenvalue weighted by atomic mass is 10.1. The van der Waals surface area contributed by atoms with E-state index >= 15 is 0 Å². The molecule has 1 fully saturated rings. The lowest BCUT2D eigenvalue weighted by Gasteiger charge is -2.24. The summed E-state index contributed by atoms with van der Waals surface area (Å²) < 4.78 is 5.50. The number of nitrogens with one attached hydrogen (secondary N) is 1. The summed E-state index contributed by atoms with van der Waals surface area (Å²) in [4.78, 5) is 27.0. The van der Waals surface area contributed by atoms with Crippen LogP contribution in [0.25, 0.3) is 0 Å². The number of hydrogen-bond acceptors (Lipinski definition) is 4. The Morgan fingerprint density at radius 1 is 1.06 bits per heavy atom. The van der Waals surface area contributed by atoms with Crippen molar-refractivity contribution in [2.24, 2.45) is 0 Å². The molecule has 0 bridgehead atoms. The molecule has 3 aromatic carbocycles. The van der Waals surface area contributed by atoms with E-state index in [1.54, 1.807) is 11.8 Å². The Morgan fingerprint density at radius 3 is 2.45 bits per heavy atom. The van der Waals surface area contributed by atoms with Gasteiger partial charge in [-0.1, -0.05) is 30.3 Å². The van der Waals surface area contributed by atoms with E-state index < -0.39 is 0 Å². The van der Waals surface area contributed by atoms with Crippen LogP contribution in [0.15, 0.2) is 72.8 Å². The fourth-order valence-electron chi connectivity index (χ4n) is 3.58. The second-order valence-corrected chi connectivity index (χ2v) is 8.31. The van der Waals surface area contributed by atoms with Crippen molar-refractivity contribution < 1.29 is 14.3 Å². The second-order valence-electron chi connectivity index (χ2n) is 7.25. The highest BCUT2D eigenvalue weighted by Crippen LogP contribution is 2.42. The lowest BCUT2D eigenvalue weighted by molar-refractivity contribution is -0.115. The fraction of sp³-hybridized carbons (Fsp3) is 0.200. The molecule has 0 unspecified atom stereocenters. The van der Waals surface area contributed by atoms with E-state index in [2.05, 4.69) is 5.32 Å². The molecular weight excluding hydrogens is 408 g/mol. The maximum atomic E-state index is 12.6. The van der Waals surface area contributed by atoms with E-state index in [1.165, 1.54) is 0 Å². The maximum absolute atomic E-state index is 12.6. The predicted octanol–water partition coefficient (Wildman–Crippen LogP) is 5.42. The second kappa shape index (κ2) is 9.27. The van der Waals surface area contributed by atoms with Crippen molar-refractivity contribution in [1.82, 2.24) is 0 Å². The van der Waals surface area contributed by atoms with Crippen LogP contribution in [-0.2, 0) is 4.79 Å². The van der Waals surface area contributed by atoms with Gasteiger partial charge in [0, 0.05) is 16.9 Å². The number of nitrogens with zero attached hydrogens (tertiary/aromatic N) is 1. The number of thioether (sulfide) groups is 1. The van der Waals surface area contributed by atoms with Crippen molar-refractivity contribution in [2.75, 3.05) is 22.6 Å². The summed E-state index contributed by atoms with van der Waals surface area (Å²) in [6.07, 6.45) is 0. The SMILES string of the molecule is CCOc1ccc(N2C(=O)CS[C@H]2c2ccc(NC(=O)c3ccccc3C)cc2)cc1. The first kappa shape index (κ1) is 21.0. The molecule has 1 saturated heterocycles. The van der Waals surface area contributed by atoms with Gasteiger partial charge in [0.2, 0.25) is 5.91 Å². The molecule has 1 aliphatic heterocycles. The first-order valence-electron chi connectivity index (χ1n) is 10.2. The molecule has 1 atom stereocenters. The molecule has 0 aromatic heterocycles. The monoisotopic (exact) mass is 432 g/mol. The van der Waals surface area contributed by atoms with Crippen molar-refractivity contribution in [2.45, 2.75) is 19.2 Å². The number of carbonyl (C=O) groups excluding carboxylic acids is 2. The van der Waals surface area contributed by atoms with Crippen LogP contribution >= 0.6 is 11.8 Å². The number of anilines is 2. The normalized spacial score (nSPS) is 15.7. The number of rotatable bonds is 6. The number of aryl methyl sites for hydroxylation is 1. The van der Waals surface area contributed by atoms with Crippen LogP contribution in [-0.4, -0.2) is 24.2 Å². The molecule has 1 aliphatic rings. The van der Waals surface area contributed by atoms with Crippen LogP contribution in [0, 0.1) is 6.92 Å². The summed E-state index contributed by atoms with van der Waals surface area (Å²) in [5, 5.41) is 2.84. The zero-order valence-electron chi connectivity index (χ0n) is 17.5. The van der Waals surface area contributed by atoms with E-state index in [0.717, 1.165) is 28.3 Å². The van der Waals surface area contributed by atoms with Gasteiger partial charge in [0.1, 0.15) is 11.1 Å². The van der Waals surface area contributed by atoms with Crippen molar-refractivity contribution in [3.63, 3.8) is 0 Å². The number of carbonyl (C=O) groups is 2. The highest BCUT2D eigenvalue weighted by molar-refractivity contribution is 8.00. The third kappa shape index (κ3) is 4.59. The molecule has 5 nitrogen and oxygen atoms in total. The Hall–Kier alpha value is -3.25. The smallest absolute Gasteiger partial charge is 0.255 e. The van der Waals surface area contributed by atoms with Gasteiger partial charge < -0.3 is 10.1 Å². The molecule has 1 heterocycles. The number of hydrogen-bond donors (Lipinski definition) is 1. The maximum Gasteiger partial charge on any atom is 0.255 e. The molecule has 1 N–H and O–H groups in total. The molecule has 0 aliphatic carbocycles. The summed E-state index contributed by atoms with van der Waals surface area (Å²) in [7, 11) is 0. The van der Waals surface area contributed by atoms with Crippen molar-refractivity contribution in [3.05, 3.63) is 89.5 Å². The molecule has 3 aromatic rings. The Labute approximate surface area is 186 Å². The van der Waals surface area contributed by atoms with E-state index in [0.29, 0.717) is 17.9 Å². The zero-order chi connectivity index (χ0) is 21.8. The quantitative estimate of drug-likeness (QED) is 0.565. The highest BCUT2D eigenvalue weighted by atomic mass is 32.2. The van der Waals surface area contributed by atoms with Gasteiger partial charge in [-0.05, 0) is 67.4 Å². The summed E-state index contributed by atoms with van der Waals surface area (Å²) in [6, 6.07) is 22.8. The summed E-state index contributed by atoms with van der Waals surface area (Å²) in [5.74, 6) is 1.17. The molecule has 158 valence electrons. The summed E-state index contributed by atoms with van der Waals surface area (Å²) in [5.41, 5.74) is 4.17. The molecule has 0 radical (unpaired) electrons. The number of ether oxygens (including phenoxy) is 1. The lowest BCUT2D eigenvalue weighted by Crippen LogP contribution is -2.27. The highest BCUT2D eigenvalue weighted by Gasteiger charge is 2.34. The minimum absolute atomic E-state index is 0.0797. The van der Waals surface area contributed by atoms with Crippen LogP contribution in [0.3, 0.4) is 0 Å². The van der Waals surface area contributed by atoms with Crippen molar-refractivity contribution in [3.8, 4) is 5.75 Å². The van der Waals surface area contributed by atoms with E-state index in [9.17, 15) is 9.59 Å². The summed E-state index contributed by atoms with van der Waals surface area (Å²) >= 11 is 1.60. The molecule has 6 heteroatoms. The van der Waals surface area contributed by atoms with Crippen LogP contribution < -0.4 is 15.0 Å². The third-order valence-electron chi connectivity index (χ3n) is 5.14. The first-order valence-corrected chi connectivity index (χ1v) is 11.2. The van der Waals surface area contributed by atoms with Gasteiger partial charge in [0.15, 0.2) is 0 Å². The van der Waals surface area contributed by atoms with Gasteiger partial charge in [0.25, 0.3) is 5.91 Å². The van der Waals surface area contributed by atoms with Gasteiger partial charge in [-0.3, -0.25) is 14.5 Å². The van der Waals surface area contributed by atoms with Crippen LogP contribution in [0.4, 0.5) is 11.4 Å². The largest absolute Gasteiger partial charge is 0.494 e. The predicted molar refractivity (Wildman–Crippen MR) is 126 cm³/mol. The molecular formula is C25H24N2O3S. The Kier molecular flexibility index (Phi) is 6.28. The average Bonchev–Trinajstić information content (AvgIpc) is 3.16.